The Balaban J connectivity index is 2.43. The molecule has 1 aromatic rings. The number of alkyl carbamates (subject to hydrolysis) is 1. The van der Waals surface area contributed by atoms with Crippen molar-refractivity contribution < 1.29 is 19.7 Å². The van der Waals surface area contributed by atoms with Crippen LogP contribution in [0.25, 0.3) is 0 Å². The average molecular weight is 267 g/mol. The molecule has 0 aliphatic heterocycles. The highest BCUT2D eigenvalue weighted by atomic mass is 16.5. The van der Waals surface area contributed by atoms with E-state index in [4.69, 9.17) is 4.74 Å². The van der Waals surface area contributed by atoms with E-state index >= 15 is 0 Å². The van der Waals surface area contributed by atoms with Crippen molar-refractivity contribution in [3.8, 4) is 0 Å². The fourth-order valence-electron chi connectivity index (χ4n) is 1.45. The number of nitrogens with one attached hydrogen (secondary N) is 1. The van der Waals surface area contributed by atoms with Crippen molar-refractivity contribution in [3.05, 3.63) is 35.9 Å². The summed E-state index contributed by atoms with van der Waals surface area (Å²) in [6, 6.07) is 8.67. The van der Waals surface area contributed by atoms with Crippen LogP contribution in [0.1, 0.15) is 26.3 Å². The van der Waals surface area contributed by atoms with Crippen molar-refractivity contribution in [2.45, 2.75) is 45.1 Å². The summed E-state index contributed by atoms with van der Waals surface area (Å²) in [6.07, 6.45) is -1.59. The molecule has 1 amide bonds. The van der Waals surface area contributed by atoms with Gasteiger partial charge < -0.3 is 20.3 Å². The first kappa shape index (κ1) is 15.5. The molecule has 3 atom stereocenters. The lowest BCUT2D eigenvalue weighted by Crippen LogP contribution is -2.55. The topological polar surface area (TPSA) is 78.8 Å². The Labute approximate surface area is 113 Å². The van der Waals surface area contributed by atoms with Crippen LogP contribution in [0.4, 0.5) is 4.79 Å². The number of carbonyl (C=O) groups is 1. The average Bonchev–Trinajstić information content (AvgIpc) is 2.37. The second-order valence-corrected chi connectivity index (χ2v) is 4.83. The number of ether oxygens (including phenoxy) is 1. The molecule has 5 nitrogen and oxygen atoms in total. The second-order valence-electron chi connectivity index (χ2n) is 4.83. The molecule has 0 aliphatic carbocycles. The van der Waals surface area contributed by atoms with Gasteiger partial charge in [-0.3, -0.25) is 0 Å². The highest BCUT2D eigenvalue weighted by Gasteiger charge is 2.34. The minimum Gasteiger partial charge on any atom is -0.445 e. The Hall–Kier alpha value is -1.59. The lowest BCUT2D eigenvalue weighted by Gasteiger charge is -2.33. The summed E-state index contributed by atoms with van der Waals surface area (Å²) in [5.74, 6) is 0. The van der Waals surface area contributed by atoms with Crippen molar-refractivity contribution >= 4 is 6.09 Å². The molecular weight excluding hydrogens is 246 g/mol. The van der Waals surface area contributed by atoms with Crippen LogP contribution in [-0.2, 0) is 11.3 Å². The fraction of sp³-hybridized carbons (Fsp3) is 0.500. The van der Waals surface area contributed by atoms with Gasteiger partial charge in [0.15, 0.2) is 0 Å². The Bertz CT molecular complexity index is 403. The summed E-state index contributed by atoms with van der Waals surface area (Å²) < 4.78 is 5.03. The molecule has 1 aromatic carbocycles. The van der Waals surface area contributed by atoms with Crippen LogP contribution in [0.3, 0.4) is 0 Å². The largest absolute Gasteiger partial charge is 0.445 e. The van der Waals surface area contributed by atoms with Crippen molar-refractivity contribution in [1.29, 1.82) is 0 Å². The van der Waals surface area contributed by atoms with Crippen molar-refractivity contribution in [2.24, 2.45) is 0 Å². The van der Waals surface area contributed by atoms with Crippen LogP contribution in [0.15, 0.2) is 30.3 Å². The first-order valence-electron chi connectivity index (χ1n) is 6.21. The molecular formula is C14H21NO4. The van der Waals surface area contributed by atoms with E-state index < -0.39 is 23.8 Å². The quantitative estimate of drug-likeness (QED) is 0.754. The van der Waals surface area contributed by atoms with E-state index in [-0.39, 0.29) is 6.61 Å². The first-order valence-corrected chi connectivity index (χ1v) is 6.21. The Morgan fingerprint density at radius 2 is 1.95 bits per heavy atom. The van der Waals surface area contributed by atoms with Gasteiger partial charge in [0.05, 0.1) is 12.1 Å². The van der Waals surface area contributed by atoms with E-state index in [2.05, 4.69) is 5.32 Å². The molecule has 0 aliphatic rings. The summed E-state index contributed by atoms with van der Waals surface area (Å²) in [5, 5.41) is 21.9. The first-order chi connectivity index (χ1) is 8.84. The maximum Gasteiger partial charge on any atom is 0.407 e. The van der Waals surface area contributed by atoms with E-state index in [1.807, 2.05) is 30.3 Å². The zero-order valence-corrected chi connectivity index (χ0v) is 11.5. The van der Waals surface area contributed by atoms with Gasteiger partial charge in [0.2, 0.25) is 0 Å². The Morgan fingerprint density at radius 3 is 2.47 bits per heavy atom. The normalized spacial score (nSPS) is 17.1. The van der Waals surface area contributed by atoms with E-state index in [0.29, 0.717) is 0 Å². The molecule has 0 unspecified atom stereocenters. The van der Waals surface area contributed by atoms with Gasteiger partial charge in [-0.1, -0.05) is 30.3 Å². The number of hydrogen-bond acceptors (Lipinski definition) is 4. The third-order valence-electron chi connectivity index (χ3n) is 3.27. The zero-order valence-electron chi connectivity index (χ0n) is 11.5. The van der Waals surface area contributed by atoms with Gasteiger partial charge >= 0.3 is 6.09 Å². The Morgan fingerprint density at radius 1 is 1.37 bits per heavy atom. The van der Waals surface area contributed by atoms with Crippen LogP contribution in [0, 0.1) is 0 Å². The maximum absolute atomic E-state index is 11.6. The molecule has 0 saturated heterocycles. The van der Waals surface area contributed by atoms with Crippen molar-refractivity contribution in [1.82, 2.24) is 5.32 Å². The van der Waals surface area contributed by atoms with Gasteiger partial charge in [-0.2, -0.15) is 0 Å². The van der Waals surface area contributed by atoms with Crippen LogP contribution in [0.5, 0.6) is 0 Å². The monoisotopic (exact) mass is 267 g/mol. The fourth-order valence-corrected chi connectivity index (χ4v) is 1.45. The molecule has 1 rings (SSSR count). The highest BCUT2D eigenvalue weighted by Crippen LogP contribution is 2.15. The molecule has 106 valence electrons. The van der Waals surface area contributed by atoms with Gasteiger partial charge in [0.1, 0.15) is 12.2 Å². The number of aliphatic hydroxyl groups is 2. The standard InChI is InChI=1S/C14H21NO4/c1-10(14(3,18)11(2)16)15-13(17)19-9-12-7-5-4-6-8-12/h4-8,10-11,16,18H,9H2,1-3H3,(H,15,17)/t10-,11-,14+/m1/s1. The third kappa shape index (κ3) is 4.54. The number of rotatable bonds is 5. The second kappa shape index (κ2) is 6.54. The van der Waals surface area contributed by atoms with Crippen LogP contribution >= 0.6 is 0 Å². The van der Waals surface area contributed by atoms with Crippen LogP contribution in [0.2, 0.25) is 0 Å². The molecule has 5 heteroatoms. The molecule has 0 bridgehead atoms. The van der Waals surface area contributed by atoms with Crippen LogP contribution in [-0.4, -0.2) is 34.1 Å². The molecule has 0 saturated carbocycles. The lowest BCUT2D eigenvalue weighted by atomic mass is 9.92. The molecule has 0 radical (unpaired) electrons. The van der Waals surface area contributed by atoms with Gasteiger partial charge in [0, 0.05) is 0 Å². The predicted molar refractivity (Wildman–Crippen MR) is 71.5 cm³/mol. The summed E-state index contributed by atoms with van der Waals surface area (Å²) >= 11 is 0. The number of amides is 1. The number of benzene rings is 1. The Kier molecular flexibility index (Phi) is 5.32. The van der Waals surface area contributed by atoms with Gasteiger partial charge in [0.25, 0.3) is 0 Å². The van der Waals surface area contributed by atoms with Gasteiger partial charge in [-0.05, 0) is 26.3 Å². The SMILES string of the molecule is C[C@@H](O)[C@@](C)(O)[C@@H](C)NC(=O)OCc1ccccc1. The molecule has 0 aromatic heterocycles. The number of hydrogen-bond donors (Lipinski definition) is 3. The molecule has 0 heterocycles. The van der Waals surface area contributed by atoms with Crippen LogP contribution < -0.4 is 5.32 Å². The zero-order chi connectivity index (χ0) is 14.5. The highest BCUT2D eigenvalue weighted by molar-refractivity contribution is 5.67. The molecule has 3 N–H and O–H groups in total. The smallest absolute Gasteiger partial charge is 0.407 e. The summed E-state index contributed by atoms with van der Waals surface area (Å²) in [5.41, 5.74) is -0.529. The van der Waals surface area contributed by atoms with E-state index in [9.17, 15) is 15.0 Å². The van der Waals surface area contributed by atoms with Gasteiger partial charge in [-0.25, -0.2) is 4.79 Å². The number of carbonyl (C=O) groups excluding carboxylic acids is 1. The van der Waals surface area contributed by atoms with Crippen molar-refractivity contribution in [3.63, 3.8) is 0 Å². The lowest BCUT2D eigenvalue weighted by molar-refractivity contribution is -0.0722. The number of aliphatic hydroxyl groups excluding tert-OH is 1. The minimum absolute atomic E-state index is 0.163. The van der Waals surface area contributed by atoms with Gasteiger partial charge in [-0.15, -0.1) is 0 Å². The van der Waals surface area contributed by atoms with E-state index in [0.717, 1.165) is 5.56 Å². The molecule has 0 fully saturated rings. The summed E-state index contributed by atoms with van der Waals surface area (Å²) in [7, 11) is 0. The predicted octanol–water partition coefficient (Wildman–Crippen LogP) is 1.43. The summed E-state index contributed by atoms with van der Waals surface area (Å²) in [4.78, 5) is 11.6. The van der Waals surface area contributed by atoms with E-state index in [1.165, 1.54) is 13.8 Å². The maximum atomic E-state index is 11.6. The molecule has 0 spiro atoms. The summed E-state index contributed by atoms with van der Waals surface area (Å²) in [6.45, 7) is 4.69. The van der Waals surface area contributed by atoms with E-state index in [1.54, 1.807) is 6.92 Å². The molecule has 19 heavy (non-hydrogen) atoms. The van der Waals surface area contributed by atoms with Crippen molar-refractivity contribution in [2.75, 3.05) is 0 Å². The third-order valence-corrected chi connectivity index (χ3v) is 3.27. The minimum atomic E-state index is -1.41.